The Morgan fingerprint density at radius 2 is 1.76 bits per heavy atom. The van der Waals surface area contributed by atoms with Gasteiger partial charge < -0.3 is 10.4 Å². The van der Waals surface area contributed by atoms with Crippen molar-refractivity contribution in [1.29, 1.82) is 0 Å². The molecule has 0 aliphatic carbocycles. The van der Waals surface area contributed by atoms with Gasteiger partial charge in [-0.3, -0.25) is 4.72 Å². The van der Waals surface area contributed by atoms with Crippen molar-refractivity contribution in [3.63, 3.8) is 0 Å². The molecule has 0 aromatic heterocycles. The van der Waals surface area contributed by atoms with Gasteiger partial charge in [-0.15, -0.1) is 0 Å². The van der Waals surface area contributed by atoms with Crippen LogP contribution in [0.5, 0.6) is 0 Å². The van der Waals surface area contributed by atoms with Crippen LogP contribution < -0.4 is 10.0 Å². The van der Waals surface area contributed by atoms with Crippen LogP contribution in [0.3, 0.4) is 0 Å². The number of benzene rings is 1. The second-order valence-corrected chi connectivity index (χ2v) is 5.77. The van der Waals surface area contributed by atoms with Crippen LogP contribution in [0.25, 0.3) is 0 Å². The Morgan fingerprint density at radius 3 is 2.18 bits per heavy atom. The van der Waals surface area contributed by atoms with E-state index in [-0.39, 0.29) is 6.04 Å². The molecule has 0 heterocycles. The van der Waals surface area contributed by atoms with Gasteiger partial charge in [0.1, 0.15) is 0 Å². The van der Waals surface area contributed by atoms with Gasteiger partial charge in [0.25, 0.3) is 0 Å². The van der Waals surface area contributed by atoms with Crippen molar-refractivity contribution >= 4 is 15.7 Å². The molecule has 2 atom stereocenters. The molecular formula is C11H18N2O3S. The zero-order valence-electron chi connectivity index (χ0n) is 10.1. The second-order valence-electron chi connectivity index (χ2n) is 4.02. The summed E-state index contributed by atoms with van der Waals surface area (Å²) < 4.78 is 24.4. The molecule has 0 aliphatic heterocycles. The Kier molecular flexibility index (Phi) is 4.50. The molecule has 2 unspecified atom stereocenters. The first-order chi connectivity index (χ1) is 7.83. The molecule has 6 heteroatoms. The average Bonchev–Trinajstić information content (AvgIpc) is 2.26. The number of hydrogen-bond acceptors (Lipinski definition) is 4. The molecule has 0 bridgehead atoms. The number of rotatable bonds is 5. The predicted molar refractivity (Wildman–Crippen MR) is 68.4 cm³/mol. The summed E-state index contributed by atoms with van der Waals surface area (Å²) in [6.07, 6.45) is 0.478. The Hall–Kier alpha value is -1.11. The highest BCUT2D eigenvalue weighted by Crippen LogP contribution is 2.19. The molecule has 1 aromatic rings. The molecule has 0 saturated heterocycles. The molecule has 0 fully saturated rings. The minimum Gasteiger partial charge on any atom is -0.387 e. The lowest BCUT2D eigenvalue weighted by molar-refractivity contribution is 0.140. The summed E-state index contributed by atoms with van der Waals surface area (Å²) in [4.78, 5) is 0. The van der Waals surface area contributed by atoms with E-state index in [4.69, 9.17) is 0 Å². The van der Waals surface area contributed by atoms with Gasteiger partial charge in [0.15, 0.2) is 0 Å². The number of sulfonamides is 1. The normalized spacial score (nSPS) is 15.3. The largest absolute Gasteiger partial charge is 0.387 e. The summed E-state index contributed by atoms with van der Waals surface area (Å²) >= 11 is 0. The van der Waals surface area contributed by atoms with Gasteiger partial charge in [-0.25, -0.2) is 8.42 Å². The Labute approximate surface area is 102 Å². The van der Waals surface area contributed by atoms with Gasteiger partial charge in [-0.2, -0.15) is 0 Å². The smallest absolute Gasteiger partial charge is 0.229 e. The molecule has 0 radical (unpaired) electrons. The summed E-state index contributed by atoms with van der Waals surface area (Å²) in [5.41, 5.74) is 1.23. The van der Waals surface area contributed by atoms with Crippen molar-refractivity contribution in [2.24, 2.45) is 0 Å². The van der Waals surface area contributed by atoms with Crippen molar-refractivity contribution in [1.82, 2.24) is 5.32 Å². The first-order valence-corrected chi connectivity index (χ1v) is 7.15. The van der Waals surface area contributed by atoms with Gasteiger partial charge >= 0.3 is 0 Å². The molecule has 0 saturated carbocycles. The molecule has 17 heavy (non-hydrogen) atoms. The van der Waals surface area contributed by atoms with Gasteiger partial charge in [-0.1, -0.05) is 12.1 Å². The van der Waals surface area contributed by atoms with Crippen LogP contribution >= 0.6 is 0 Å². The predicted octanol–water partition coefficient (Wildman–Crippen LogP) is 0.699. The number of aliphatic hydroxyl groups excluding tert-OH is 1. The van der Waals surface area contributed by atoms with Gasteiger partial charge in [0.05, 0.1) is 12.4 Å². The fourth-order valence-corrected chi connectivity index (χ4v) is 1.97. The zero-order chi connectivity index (χ0) is 13.1. The van der Waals surface area contributed by atoms with Gasteiger partial charge in [-0.05, 0) is 31.7 Å². The van der Waals surface area contributed by atoms with Crippen molar-refractivity contribution in [2.45, 2.75) is 19.1 Å². The van der Waals surface area contributed by atoms with Crippen LogP contribution in [0.15, 0.2) is 24.3 Å². The van der Waals surface area contributed by atoms with Crippen LogP contribution in [0, 0.1) is 0 Å². The molecule has 96 valence electrons. The number of aliphatic hydroxyl groups is 1. The number of nitrogens with one attached hydrogen (secondary N) is 2. The van der Waals surface area contributed by atoms with Crippen molar-refractivity contribution < 1.29 is 13.5 Å². The minimum atomic E-state index is -3.26. The van der Waals surface area contributed by atoms with Gasteiger partial charge in [0.2, 0.25) is 10.0 Å². The van der Waals surface area contributed by atoms with E-state index in [9.17, 15) is 13.5 Å². The van der Waals surface area contributed by atoms with Crippen molar-refractivity contribution in [2.75, 3.05) is 18.0 Å². The lowest BCUT2D eigenvalue weighted by atomic mass is 10.0. The van der Waals surface area contributed by atoms with Gasteiger partial charge in [0, 0.05) is 11.7 Å². The molecule has 0 spiro atoms. The Morgan fingerprint density at radius 1 is 1.24 bits per heavy atom. The molecule has 1 aromatic carbocycles. The van der Waals surface area contributed by atoms with E-state index in [1.807, 2.05) is 6.92 Å². The van der Waals surface area contributed by atoms with E-state index in [0.29, 0.717) is 5.69 Å². The van der Waals surface area contributed by atoms with Crippen molar-refractivity contribution in [3.8, 4) is 0 Å². The fourth-order valence-electron chi connectivity index (χ4n) is 1.41. The van der Waals surface area contributed by atoms with E-state index in [1.165, 1.54) is 0 Å². The summed E-state index contributed by atoms with van der Waals surface area (Å²) in [5.74, 6) is 0. The van der Waals surface area contributed by atoms with Crippen LogP contribution in [0.2, 0.25) is 0 Å². The number of anilines is 1. The van der Waals surface area contributed by atoms with Crippen LogP contribution in [-0.4, -0.2) is 32.9 Å². The lowest BCUT2D eigenvalue weighted by Gasteiger charge is -2.18. The quantitative estimate of drug-likeness (QED) is 0.726. The molecule has 3 N–H and O–H groups in total. The highest BCUT2D eigenvalue weighted by atomic mass is 32.2. The summed E-state index contributed by atoms with van der Waals surface area (Å²) in [6.45, 7) is 1.87. The first-order valence-electron chi connectivity index (χ1n) is 5.26. The minimum absolute atomic E-state index is 0.0660. The van der Waals surface area contributed by atoms with Crippen molar-refractivity contribution in [3.05, 3.63) is 29.8 Å². The maximum atomic E-state index is 11.0. The SMILES string of the molecule is CNC(C)C(O)c1ccc(NS(C)(=O)=O)cc1. The van der Waals surface area contributed by atoms with Crippen LogP contribution in [0.1, 0.15) is 18.6 Å². The molecule has 0 aliphatic rings. The lowest BCUT2D eigenvalue weighted by Crippen LogP contribution is -2.28. The van der Waals surface area contributed by atoms with E-state index >= 15 is 0 Å². The van der Waals surface area contributed by atoms with Crippen LogP contribution in [0.4, 0.5) is 5.69 Å². The summed E-state index contributed by atoms with van der Waals surface area (Å²) in [7, 11) is -1.48. The first kappa shape index (κ1) is 14.0. The molecular weight excluding hydrogens is 240 g/mol. The summed E-state index contributed by atoms with van der Waals surface area (Å²) in [6, 6.07) is 6.59. The standard InChI is InChI=1S/C11H18N2O3S/c1-8(12-2)11(14)9-4-6-10(7-5-9)13-17(3,15)16/h4-8,11-14H,1-3H3. The van der Waals surface area contributed by atoms with Crippen LogP contribution in [-0.2, 0) is 10.0 Å². The van der Waals surface area contributed by atoms with E-state index < -0.39 is 16.1 Å². The second kappa shape index (κ2) is 5.48. The third-order valence-electron chi connectivity index (χ3n) is 2.48. The maximum Gasteiger partial charge on any atom is 0.229 e. The fraction of sp³-hybridized carbons (Fsp3) is 0.455. The zero-order valence-corrected chi connectivity index (χ0v) is 11.0. The Balaban J connectivity index is 2.81. The number of likely N-dealkylation sites (N-methyl/N-ethyl adjacent to an activating group) is 1. The molecule has 5 nitrogen and oxygen atoms in total. The highest BCUT2D eigenvalue weighted by molar-refractivity contribution is 7.92. The third-order valence-corrected chi connectivity index (χ3v) is 3.09. The summed E-state index contributed by atoms with van der Waals surface area (Å²) in [5, 5.41) is 12.9. The third kappa shape index (κ3) is 4.33. The topological polar surface area (TPSA) is 78.4 Å². The maximum absolute atomic E-state index is 11.0. The highest BCUT2D eigenvalue weighted by Gasteiger charge is 2.14. The molecule has 0 amide bonds. The Bertz CT molecular complexity index is 456. The number of hydrogen-bond donors (Lipinski definition) is 3. The monoisotopic (exact) mass is 258 g/mol. The van der Waals surface area contributed by atoms with E-state index in [2.05, 4.69) is 10.0 Å². The van der Waals surface area contributed by atoms with E-state index in [1.54, 1.807) is 31.3 Å². The van der Waals surface area contributed by atoms with E-state index in [0.717, 1.165) is 11.8 Å². The average molecular weight is 258 g/mol. The molecule has 1 rings (SSSR count).